The van der Waals surface area contributed by atoms with Crippen LogP contribution in [0, 0.1) is 11.6 Å². The number of hydrogen-bond donors (Lipinski definition) is 3. The number of H-pyrrole nitrogens is 1. The van der Waals surface area contributed by atoms with E-state index in [2.05, 4.69) is 15.2 Å². The predicted molar refractivity (Wildman–Crippen MR) is 59.9 cm³/mol. The van der Waals surface area contributed by atoms with Gasteiger partial charge in [-0.15, -0.1) is 5.10 Å². The highest BCUT2D eigenvalue weighted by Crippen LogP contribution is 2.27. The van der Waals surface area contributed by atoms with Crippen molar-refractivity contribution in [3.63, 3.8) is 0 Å². The number of aromatic amines is 1. The Labute approximate surface area is 103 Å². The van der Waals surface area contributed by atoms with E-state index in [4.69, 9.17) is 5.84 Å². The Morgan fingerprint density at radius 2 is 2.22 bits per heavy atom. The van der Waals surface area contributed by atoms with Gasteiger partial charge in [0.05, 0.1) is 0 Å². The molecule has 0 atom stereocenters. The number of pyridine rings is 1. The zero-order chi connectivity index (χ0) is 13.3. The van der Waals surface area contributed by atoms with E-state index in [-0.39, 0.29) is 16.0 Å². The Hall–Kier alpha value is -1.94. The van der Waals surface area contributed by atoms with Gasteiger partial charge in [-0.25, -0.2) is 29.5 Å². The number of nitrogens with zero attached hydrogens (tertiary/aromatic N) is 3. The van der Waals surface area contributed by atoms with Crippen molar-refractivity contribution >= 4 is 17.6 Å². The molecule has 0 spiro atoms. The summed E-state index contributed by atoms with van der Waals surface area (Å²) in [4.78, 5) is 14.8. The van der Waals surface area contributed by atoms with Gasteiger partial charge in [-0.3, -0.25) is 4.57 Å². The van der Waals surface area contributed by atoms with Gasteiger partial charge in [-0.05, 0) is 11.8 Å². The Balaban J connectivity index is 2.40. The number of anilines is 1. The molecule has 7 nitrogen and oxygen atoms in total. The molecule has 0 radical (unpaired) electrons. The Kier molecular flexibility index (Phi) is 3.30. The molecule has 2 rings (SSSR count). The maximum Gasteiger partial charge on any atom is 0.343 e. The van der Waals surface area contributed by atoms with Crippen molar-refractivity contribution in [1.82, 2.24) is 19.7 Å². The van der Waals surface area contributed by atoms with Crippen LogP contribution in [0.15, 0.2) is 21.0 Å². The highest BCUT2D eigenvalue weighted by molar-refractivity contribution is 7.99. The van der Waals surface area contributed by atoms with Crippen LogP contribution in [0.5, 0.6) is 0 Å². The first-order valence-corrected chi connectivity index (χ1v) is 5.46. The fourth-order valence-electron chi connectivity index (χ4n) is 1.13. The lowest BCUT2D eigenvalue weighted by Crippen LogP contribution is -2.13. The summed E-state index contributed by atoms with van der Waals surface area (Å²) in [6, 6.07) is 0.648. The van der Waals surface area contributed by atoms with E-state index in [1.54, 1.807) is 0 Å². The molecule has 0 aliphatic heterocycles. The van der Waals surface area contributed by atoms with Gasteiger partial charge in [0, 0.05) is 13.1 Å². The van der Waals surface area contributed by atoms with E-state index in [1.807, 2.05) is 5.43 Å². The third-order valence-electron chi connectivity index (χ3n) is 2.06. The minimum absolute atomic E-state index is 0.147. The molecule has 0 aliphatic rings. The van der Waals surface area contributed by atoms with Crippen molar-refractivity contribution < 1.29 is 8.78 Å². The molecular formula is C8H8F2N6OS. The molecule has 0 saturated carbocycles. The summed E-state index contributed by atoms with van der Waals surface area (Å²) in [5.74, 6) is 2.97. The standard InChI is InChI=1S/C8H8F2N6OS/c1-16-7(17)14-15-8(16)18-6-4(10)2-3(9)5(12-6)13-11/h2H,11H2,1H3,(H,12,13)(H,14,17). The van der Waals surface area contributed by atoms with Crippen LogP contribution in [0.4, 0.5) is 14.6 Å². The molecule has 2 heterocycles. The number of aromatic nitrogens is 4. The molecule has 18 heavy (non-hydrogen) atoms. The van der Waals surface area contributed by atoms with Gasteiger partial charge in [-0.1, -0.05) is 0 Å². The molecule has 0 bridgehead atoms. The van der Waals surface area contributed by atoms with Crippen molar-refractivity contribution in [2.45, 2.75) is 10.2 Å². The average molecular weight is 274 g/mol. The van der Waals surface area contributed by atoms with Crippen LogP contribution in [0.25, 0.3) is 0 Å². The summed E-state index contributed by atoms with van der Waals surface area (Å²) in [6.07, 6.45) is 0. The van der Waals surface area contributed by atoms with Crippen LogP contribution in [0.1, 0.15) is 0 Å². The topological polar surface area (TPSA) is 102 Å². The molecular weight excluding hydrogens is 266 g/mol. The molecule has 4 N–H and O–H groups in total. The number of hydrazine groups is 1. The zero-order valence-electron chi connectivity index (χ0n) is 9.07. The van der Waals surface area contributed by atoms with E-state index < -0.39 is 17.3 Å². The van der Waals surface area contributed by atoms with E-state index in [1.165, 1.54) is 11.6 Å². The smallest absolute Gasteiger partial charge is 0.306 e. The van der Waals surface area contributed by atoms with Crippen LogP contribution >= 0.6 is 11.8 Å². The Bertz CT molecular complexity index is 639. The quantitative estimate of drug-likeness (QED) is 0.546. The number of nitrogen functional groups attached to an aromatic ring is 1. The number of rotatable bonds is 3. The van der Waals surface area contributed by atoms with E-state index in [0.717, 1.165) is 11.8 Å². The van der Waals surface area contributed by atoms with Gasteiger partial charge in [0.2, 0.25) is 0 Å². The second-order valence-corrected chi connectivity index (χ2v) is 4.18. The van der Waals surface area contributed by atoms with Crippen LogP contribution < -0.4 is 17.0 Å². The first-order chi connectivity index (χ1) is 8.52. The largest absolute Gasteiger partial charge is 0.343 e. The number of halogens is 2. The third kappa shape index (κ3) is 2.19. The van der Waals surface area contributed by atoms with Crippen LogP contribution in [0.2, 0.25) is 0 Å². The second kappa shape index (κ2) is 4.74. The SMILES string of the molecule is Cn1c(Sc2nc(NN)c(F)cc2F)n[nH]c1=O. The average Bonchev–Trinajstić information content (AvgIpc) is 2.64. The van der Waals surface area contributed by atoms with Gasteiger partial charge in [0.15, 0.2) is 22.6 Å². The van der Waals surface area contributed by atoms with Crippen LogP contribution in [-0.2, 0) is 7.05 Å². The summed E-state index contributed by atoms with van der Waals surface area (Å²) < 4.78 is 27.8. The summed E-state index contributed by atoms with van der Waals surface area (Å²) in [5.41, 5.74) is 1.56. The van der Waals surface area contributed by atoms with Crippen molar-refractivity contribution in [1.29, 1.82) is 0 Å². The van der Waals surface area contributed by atoms with Crippen LogP contribution in [0.3, 0.4) is 0 Å². The Morgan fingerprint density at radius 3 is 2.78 bits per heavy atom. The van der Waals surface area contributed by atoms with Gasteiger partial charge >= 0.3 is 5.69 Å². The van der Waals surface area contributed by atoms with E-state index >= 15 is 0 Å². The molecule has 2 aromatic rings. The van der Waals surface area contributed by atoms with Crippen LogP contribution in [-0.4, -0.2) is 19.7 Å². The Morgan fingerprint density at radius 1 is 1.50 bits per heavy atom. The maximum absolute atomic E-state index is 13.5. The van der Waals surface area contributed by atoms with Crippen molar-refractivity contribution in [3.05, 3.63) is 28.2 Å². The van der Waals surface area contributed by atoms with Crippen molar-refractivity contribution in [3.8, 4) is 0 Å². The van der Waals surface area contributed by atoms with Gasteiger partial charge in [0.1, 0.15) is 5.03 Å². The van der Waals surface area contributed by atoms with Crippen molar-refractivity contribution in [2.24, 2.45) is 12.9 Å². The summed E-state index contributed by atoms with van der Waals surface area (Å²) in [6.45, 7) is 0. The van der Waals surface area contributed by atoms with Gasteiger partial charge in [-0.2, -0.15) is 0 Å². The number of nitrogens with two attached hydrogens (primary N) is 1. The summed E-state index contributed by atoms with van der Waals surface area (Å²) >= 11 is 0.772. The van der Waals surface area contributed by atoms with E-state index in [9.17, 15) is 13.6 Å². The highest BCUT2D eigenvalue weighted by atomic mass is 32.2. The fourth-order valence-corrected chi connectivity index (χ4v) is 1.91. The second-order valence-electron chi connectivity index (χ2n) is 3.22. The first kappa shape index (κ1) is 12.5. The summed E-state index contributed by atoms with van der Waals surface area (Å²) in [5, 5.41) is 5.90. The number of hydrogen-bond acceptors (Lipinski definition) is 6. The molecule has 0 aliphatic carbocycles. The minimum Gasteiger partial charge on any atom is -0.306 e. The molecule has 0 aromatic carbocycles. The lowest BCUT2D eigenvalue weighted by Gasteiger charge is -2.05. The predicted octanol–water partition coefficient (Wildman–Crippen LogP) is 0.218. The molecule has 0 saturated heterocycles. The first-order valence-electron chi connectivity index (χ1n) is 4.65. The molecule has 0 unspecified atom stereocenters. The third-order valence-corrected chi connectivity index (χ3v) is 3.09. The summed E-state index contributed by atoms with van der Waals surface area (Å²) in [7, 11) is 1.46. The molecule has 0 amide bonds. The lowest BCUT2D eigenvalue weighted by atomic mass is 10.4. The fraction of sp³-hybridized carbons (Fsp3) is 0.125. The normalized spacial score (nSPS) is 10.7. The number of nitrogens with one attached hydrogen (secondary N) is 2. The molecule has 96 valence electrons. The van der Waals surface area contributed by atoms with Gasteiger partial charge in [0.25, 0.3) is 0 Å². The monoisotopic (exact) mass is 274 g/mol. The highest BCUT2D eigenvalue weighted by Gasteiger charge is 2.15. The van der Waals surface area contributed by atoms with Crippen molar-refractivity contribution in [2.75, 3.05) is 5.43 Å². The van der Waals surface area contributed by atoms with E-state index in [0.29, 0.717) is 6.07 Å². The molecule has 0 fully saturated rings. The minimum atomic E-state index is -0.907. The molecule has 2 aromatic heterocycles. The lowest BCUT2D eigenvalue weighted by molar-refractivity contribution is 0.550. The molecule has 10 heteroatoms. The zero-order valence-corrected chi connectivity index (χ0v) is 9.89. The maximum atomic E-state index is 13.5. The van der Waals surface area contributed by atoms with Gasteiger partial charge < -0.3 is 5.43 Å².